The van der Waals surface area contributed by atoms with E-state index in [0.29, 0.717) is 0 Å². The molecule has 0 amide bonds. The van der Waals surface area contributed by atoms with Crippen molar-refractivity contribution in [2.24, 2.45) is 0 Å². The van der Waals surface area contributed by atoms with Gasteiger partial charge in [-0.1, -0.05) is 29.8 Å². The molecule has 0 aliphatic carbocycles. The number of carboxylic acids is 1. The maximum absolute atomic E-state index is 10.5. The molecule has 0 saturated carbocycles. The van der Waals surface area contributed by atoms with Gasteiger partial charge in [-0.2, -0.15) is 0 Å². The Morgan fingerprint density at radius 3 is 2.89 bits per heavy atom. The molecule has 0 aliphatic rings. The fraction of sp³-hybridized carbons (Fsp3) is 0.0769. The number of carboxylic acid groups (broad SMARTS) is 1. The Morgan fingerprint density at radius 2 is 2.26 bits per heavy atom. The van der Waals surface area contributed by atoms with E-state index in [0.717, 1.165) is 17.2 Å². The van der Waals surface area contributed by atoms with Crippen molar-refractivity contribution in [2.45, 2.75) is 5.50 Å². The van der Waals surface area contributed by atoms with Crippen LogP contribution < -0.4 is 0 Å². The van der Waals surface area contributed by atoms with Crippen LogP contribution >= 0.6 is 24.0 Å². The molecule has 2 aromatic rings. The van der Waals surface area contributed by atoms with E-state index in [1.54, 1.807) is 23.3 Å². The Bertz CT molecular complexity index is 568. The number of carbonyl (C=O) groups is 1. The second-order valence-electron chi connectivity index (χ2n) is 3.69. The van der Waals surface area contributed by atoms with E-state index in [-0.39, 0.29) is 17.9 Å². The second-order valence-corrected chi connectivity index (χ2v) is 4.10. The zero-order chi connectivity index (χ0) is 13.0. The van der Waals surface area contributed by atoms with Crippen LogP contribution in [0, 0.1) is 0 Å². The normalized spacial score (nSPS) is 12.1. The maximum Gasteiger partial charge on any atom is 0.328 e. The highest BCUT2D eigenvalue weighted by Crippen LogP contribution is 2.23. The number of nitrogens with zero attached hydrogens (tertiary/aromatic N) is 2. The molecule has 1 unspecified atom stereocenters. The van der Waals surface area contributed by atoms with Gasteiger partial charge in [-0.05, 0) is 23.3 Å². The number of imidazole rings is 1. The van der Waals surface area contributed by atoms with Crippen molar-refractivity contribution in [1.82, 2.24) is 9.55 Å². The number of aliphatic carboxylic acids is 1. The van der Waals surface area contributed by atoms with Gasteiger partial charge in [-0.25, -0.2) is 9.78 Å². The van der Waals surface area contributed by atoms with Gasteiger partial charge in [0.15, 0.2) is 0 Å². The smallest absolute Gasteiger partial charge is 0.328 e. The summed E-state index contributed by atoms with van der Waals surface area (Å²) < 4.78 is 1.77. The lowest BCUT2D eigenvalue weighted by atomic mass is 10.1. The quantitative estimate of drug-likeness (QED) is 0.697. The van der Waals surface area contributed by atoms with Crippen molar-refractivity contribution in [3.63, 3.8) is 0 Å². The van der Waals surface area contributed by atoms with Crippen molar-refractivity contribution < 1.29 is 9.90 Å². The standard InChI is InChI=1S/C13H11ClN2O2.ClH/c14-13(16-7-6-15-9-16)11-3-1-2-10(8-11)4-5-12(17)18;/h1-9,13H,(H,17,18);1H/b5-4+;. The first-order valence-electron chi connectivity index (χ1n) is 5.29. The number of hydrogen-bond donors (Lipinski definition) is 1. The molecule has 0 aliphatic heterocycles. The monoisotopic (exact) mass is 298 g/mol. The number of aromatic nitrogens is 2. The molecular weight excluding hydrogens is 287 g/mol. The third-order valence-corrected chi connectivity index (χ3v) is 2.87. The van der Waals surface area contributed by atoms with Crippen molar-refractivity contribution in [3.05, 3.63) is 60.2 Å². The fourth-order valence-electron chi connectivity index (χ4n) is 1.55. The van der Waals surface area contributed by atoms with Crippen LogP contribution in [0.4, 0.5) is 0 Å². The lowest BCUT2D eigenvalue weighted by Crippen LogP contribution is -2.01. The Balaban J connectivity index is 0.00000180. The molecular formula is C13H12Cl2N2O2. The van der Waals surface area contributed by atoms with E-state index in [1.165, 1.54) is 6.08 Å². The van der Waals surface area contributed by atoms with Crippen LogP contribution in [-0.4, -0.2) is 20.6 Å². The zero-order valence-electron chi connectivity index (χ0n) is 9.81. The molecule has 0 saturated heterocycles. The predicted molar refractivity (Wildman–Crippen MR) is 76.6 cm³/mol. The molecule has 1 heterocycles. The fourth-order valence-corrected chi connectivity index (χ4v) is 1.81. The van der Waals surface area contributed by atoms with Gasteiger partial charge < -0.3 is 9.67 Å². The lowest BCUT2D eigenvalue weighted by molar-refractivity contribution is -0.131. The summed E-state index contributed by atoms with van der Waals surface area (Å²) in [6.45, 7) is 0. The van der Waals surface area contributed by atoms with Crippen LogP contribution in [-0.2, 0) is 4.79 Å². The van der Waals surface area contributed by atoms with Gasteiger partial charge in [0.05, 0.1) is 6.33 Å². The SMILES string of the molecule is Cl.O=C(O)/C=C/c1cccc(C(Cl)n2ccnc2)c1. The molecule has 19 heavy (non-hydrogen) atoms. The van der Waals surface area contributed by atoms with Gasteiger partial charge in [-0.3, -0.25) is 0 Å². The van der Waals surface area contributed by atoms with Crippen molar-refractivity contribution in [3.8, 4) is 0 Å². The second kappa shape index (κ2) is 6.97. The molecule has 1 atom stereocenters. The summed E-state index contributed by atoms with van der Waals surface area (Å²) in [5.74, 6) is -0.975. The predicted octanol–water partition coefficient (Wildman–Crippen LogP) is 3.19. The van der Waals surface area contributed by atoms with Gasteiger partial charge in [0, 0.05) is 18.5 Å². The first-order chi connectivity index (χ1) is 8.66. The van der Waals surface area contributed by atoms with Crippen molar-refractivity contribution in [2.75, 3.05) is 0 Å². The number of halogens is 2. The topological polar surface area (TPSA) is 55.1 Å². The molecule has 1 aromatic carbocycles. The highest BCUT2D eigenvalue weighted by molar-refractivity contribution is 6.20. The summed E-state index contributed by atoms with van der Waals surface area (Å²) in [7, 11) is 0. The summed E-state index contributed by atoms with van der Waals surface area (Å²) in [6, 6.07) is 7.39. The van der Waals surface area contributed by atoms with Crippen LogP contribution in [0.15, 0.2) is 49.1 Å². The third kappa shape index (κ3) is 4.12. The Hall–Kier alpha value is -1.78. The summed E-state index contributed by atoms with van der Waals surface area (Å²) in [6.07, 6.45) is 7.70. The van der Waals surface area contributed by atoms with E-state index in [9.17, 15) is 4.79 Å². The van der Waals surface area contributed by atoms with Crippen LogP contribution in [0.2, 0.25) is 0 Å². The molecule has 0 radical (unpaired) electrons. The minimum atomic E-state index is -0.975. The first-order valence-corrected chi connectivity index (χ1v) is 5.73. The Morgan fingerprint density at radius 1 is 1.47 bits per heavy atom. The largest absolute Gasteiger partial charge is 0.478 e. The summed E-state index contributed by atoms with van der Waals surface area (Å²) in [5, 5.41) is 8.58. The highest BCUT2D eigenvalue weighted by atomic mass is 35.5. The zero-order valence-corrected chi connectivity index (χ0v) is 11.4. The van der Waals surface area contributed by atoms with Crippen LogP contribution in [0.5, 0.6) is 0 Å². The molecule has 6 heteroatoms. The van der Waals surface area contributed by atoms with E-state index < -0.39 is 5.97 Å². The minimum Gasteiger partial charge on any atom is -0.478 e. The van der Waals surface area contributed by atoms with E-state index in [4.69, 9.17) is 16.7 Å². The molecule has 0 spiro atoms. The number of alkyl halides is 1. The van der Waals surface area contributed by atoms with E-state index >= 15 is 0 Å². The molecule has 100 valence electrons. The maximum atomic E-state index is 10.5. The average molecular weight is 299 g/mol. The van der Waals surface area contributed by atoms with Crippen LogP contribution in [0.1, 0.15) is 16.6 Å². The Kier molecular flexibility index (Phi) is 5.60. The van der Waals surface area contributed by atoms with Crippen molar-refractivity contribution in [1.29, 1.82) is 0 Å². The van der Waals surface area contributed by atoms with Gasteiger partial charge in [-0.15, -0.1) is 12.4 Å². The molecule has 0 bridgehead atoms. The van der Waals surface area contributed by atoms with E-state index in [2.05, 4.69) is 4.98 Å². The number of rotatable bonds is 4. The lowest BCUT2D eigenvalue weighted by Gasteiger charge is -2.11. The third-order valence-electron chi connectivity index (χ3n) is 2.39. The Labute approximate surface area is 121 Å². The molecule has 2 rings (SSSR count). The summed E-state index contributed by atoms with van der Waals surface area (Å²) in [4.78, 5) is 14.4. The van der Waals surface area contributed by atoms with E-state index in [1.807, 2.05) is 24.3 Å². The van der Waals surface area contributed by atoms with Crippen LogP contribution in [0.3, 0.4) is 0 Å². The molecule has 0 fully saturated rings. The number of hydrogen-bond acceptors (Lipinski definition) is 2. The summed E-state index contributed by atoms with van der Waals surface area (Å²) >= 11 is 6.29. The molecule has 1 aromatic heterocycles. The van der Waals surface area contributed by atoms with Crippen LogP contribution in [0.25, 0.3) is 6.08 Å². The number of benzene rings is 1. The first kappa shape index (κ1) is 15.3. The minimum absolute atomic E-state index is 0. The summed E-state index contributed by atoms with van der Waals surface area (Å²) in [5.41, 5.74) is 1.31. The molecule has 4 nitrogen and oxygen atoms in total. The van der Waals surface area contributed by atoms with Crippen molar-refractivity contribution >= 4 is 36.1 Å². The van der Waals surface area contributed by atoms with Gasteiger partial charge in [0.1, 0.15) is 5.50 Å². The molecule has 1 N–H and O–H groups in total. The highest BCUT2D eigenvalue weighted by Gasteiger charge is 2.08. The van der Waals surface area contributed by atoms with Gasteiger partial charge >= 0.3 is 5.97 Å². The van der Waals surface area contributed by atoms with Gasteiger partial charge in [0.2, 0.25) is 0 Å². The van der Waals surface area contributed by atoms with Gasteiger partial charge in [0.25, 0.3) is 0 Å². The average Bonchev–Trinajstić information content (AvgIpc) is 2.89.